The molecule has 2 aliphatic heterocycles. The first kappa shape index (κ1) is 14.0. The SMILES string of the molecule is O=S1CCC(NCC2CCC3(CCCCC3)O2)CC1. The van der Waals surface area contributed by atoms with Gasteiger partial charge in [0.25, 0.3) is 0 Å². The lowest BCUT2D eigenvalue weighted by Gasteiger charge is -2.33. The molecule has 2 heterocycles. The van der Waals surface area contributed by atoms with Gasteiger partial charge < -0.3 is 10.1 Å². The highest BCUT2D eigenvalue weighted by molar-refractivity contribution is 7.85. The molecule has 3 nitrogen and oxygen atoms in total. The maximum Gasteiger partial charge on any atom is 0.0708 e. The van der Waals surface area contributed by atoms with Crippen LogP contribution in [0.1, 0.15) is 57.8 Å². The van der Waals surface area contributed by atoms with Gasteiger partial charge in [-0.25, -0.2) is 0 Å². The Hall–Kier alpha value is 0.0700. The molecule has 2 saturated heterocycles. The molecule has 19 heavy (non-hydrogen) atoms. The number of ether oxygens (including phenoxy) is 1. The molecule has 3 rings (SSSR count). The van der Waals surface area contributed by atoms with Crippen molar-refractivity contribution < 1.29 is 8.95 Å². The van der Waals surface area contributed by atoms with Gasteiger partial charge in [-0.3, -0.25) is 4.21 Å². The molecule has 0 aromatic heterocycles. The predicted molar refractivity (Wildman–Crippen MR) is 78.8 cm³/mol. The van der Waals surface area contributed by atoms with Crippen molar-refractivity contribution in [1.29, 1.82) is 0 Å². The number of hydrogen-bond donors (Lipinski definition) is 1. The molecular weight excluding hydrogens is 258 g/mol. The van der Waals surface area contributed by atoms with Crippen LogP contribution in [-0.2, 0) is 15.5 Å². The second-order valence-electron chi connectivity index (χ2n) is 6.55. The van der Waals surface area contributed by atoms with Gasteiger partial charge in [-0.1, -0.05) is 19.3 Å². The van der Waals surface area contributed by atoms with Crippen LogP contribution >= 0.6 is 0 Å². The lowest BCUT2D eigenvalue weighted by atomic mass is 9.83. The summed E-state index contributed by atoms with van der Waals surface area (Å²) in [5.41, 5.74) is 0.249. The molecule has 0 radical (unpaired) electrons. The van der Waals surface area contributed by atoms with E-state index in [9.17, 15) is 4.21 Å². The normalized spacial score (nSPS) is 38.6. The summed E-state index contributed by atoms with van der Waals surface area (Å²) in [6, 6.07) is 0.573. The van der Waals surface area contributed by atoms with Crippen molar-refractivity contribution in [3.63, 3.8) is 0 Å². The van der Waals surface area contributed by atoms with Gasteiger partial charge in [0, 0.05) is 34.9 Å². The lowest BCUT2D eigenvalue weighted by molar-refractivity contribution is -0.0629. The van der Waals surface area contributed by atoms with E-state index in [1.54, 1.807) is 0 Å². The summed E-state index contributed by atoms with van der Waals surface area (Å²) >= 11 is 0. The van der Waals surface area contributed by atoms with Crippen LogP contribution in [0.15, 0.2) is 0 Å². The van der Waals surface area contributed by atoms with Crippen LogP contribution in [0.25, 0.3) is 0 Å². The summed E-state index contributed by atoms with van der Waals surface area (Å²) in [5, 5.41) is 3.65. The topological polar surface area (TPSA) is 38.3 Å². The Kier molecular flexibility index (Phi) is 4.60. The molecule has 1 aliphatic carbocycles. The van der Waals surface area contributed by atoms with E-state index in [0.29, 0.717) is 12.1 Å². The molecule has 0 amide bonds. The van der Waals surface area contributed by atoms with Gasteiger partial charge in [0.15, 0.2) is 0 Å². The zero-order chi connectivity index (χ0) is 13.1. The van der Waals surface area contributed by atoms with Crippen molar-refractivity contribution in [2.75, 3.05) is 18.1 Å². The third-order valence-electron chi connectivity index (χ3n) is 5.13. The molecule has 1 spiro atoms. The molecule has 1 saturated carbocycles. The molecule has 0 aromatic carbocycles. The van der Waals surface area contributed by atoms with Crippen molar-refractivity contribution >= 4 is 10.8 Å². The zero-order valence-electron chi connectivity index (χ0n) is 11.9. The molecule has 0 aromatic rings. The summed E-state index contributed by atoms with van der Waals surface area (Å²) in [4.78, 5) is 0. The third kappa shape index (κ3) is 3.59. The highest BCUT2D eigenvalue weighted by Crippen LogP contribution is 2.41. The van der Waals surface area contributed by atoms with Gasteiger partial charge in [0.05, 0.1) is 11.7 Å². The average Bonchev–Trinajstić information content (AvgIpc) is 2.82. The summed E-state index contributed by atoms with van der Waals surface area (Å²) in [6.45, 7) is 0.999. The van der Waals surface area contributed by atoms with Crippen molar-refractivity contribution in [2.24, 2.45) is 0 Å². The number of hydrogen-bond acceptors (Lipinski definition) is 3. The molecule has 1 N–H and O–H groups in total. The van der Waals surface area contributed by atoms with Crippen molar-refractivity contribution in [3.05, 3.63) is 0 Å². The minimum Gasteiger partial charge on any atom is -0.370 e. The fourth-order valence-electron chi connectivity index (χ4n) is 3.90. The molecular formula is C15H27NO2S. The third-order valence-corrected chi connectivity index (χ3v) is 6.51. The Labute approximate surface area is 119 Å². The highest BCUT2D eigenvalue weighted by Gasteiger charge is 2.40. The van der Waals surface area contributed by atoms with E-state index in [2.05, 4.69) is 5.32 Å². The van der Waals surface area contributed by atoms with E-state index in [-0.39, 0.29) is 5.60 Å². The Morgan fingerprint density at radius 1 is 1.05 bits per heavy atom. The summed E-state index contributed by atoms with van der Waals surface area (Å²) < 4.78 is 17.7. The monoisotopic (exact) mass is 285 g/mol. The Balaban J connectivity index is 1.41. The Bertz CT molecular complexity index is 318. The largest absolute Gasteiger partial charge is 0.370 e. The summed E-state index contributed by atoms with van der Waals surface area (Å²) in [7, 11) is -0.547. The van der Waals surface area contributed by atoms with Crippen LogP contribution < -0.4 is 5.32 Å². The quantitative estimate of drug-likeness (QED) is 0.865. The van der Waals surface area contributed by atoms with Crippen molar-refractivity contribution in [1.82, 2.24) is 5.32 Å². The van der Waals surface area contributed by atoms with Crippen LogP contribution in [0.3, 0.4) is 0 Å². The first-order valence-electron chi connectivity index (χ1n) is 8.02. The molecule has 110 valence electrons. The van der Waals surface area contributed by atoms with Gasteiger partial charge >= 0.3 is 0 Å². The maximum atomic E-state index is 11.3. The van der Waals surface area contributed by atoms with E-state index < -0.39 is 10.8 Å². The smallest absolute Gasteiger partial charge is 0.0708 e. The average molecular weight is 285 g/mol. The van der Waals surface area contributed by atoms with Crippen LogP contribution in [0.2, 0.25) is 0 Å². The zero-order valence-corrected chi connectivity index (χ0v) is 12.7. The maximum absolute atomic E-state index is 11.3. The molecule has 3 fully saturated rings. The van der Waals surface area contributed by atoms with Crippen LogP contribution in [0, 0.1) is 0 Å². The Morgan fingerprint density at radius 3 is 2.53 bits per heavy atom. The lowest BCUT2D eigenvalue weighted by Crippen LogP contribution is -2.41. The van der Waals surface area contributed by atoms with Crippen LogP contribution in [0.4, 0.5) is 0 Å². The molecule has 0 bridgehead atoms. The summed E-state index contributed by atoms with van der Waals surface area (Å²) in [6.07, 6.45) is 11.7. The minimum absolute atomic E-state index is 0.249. The van der Waals surface area contributed by atoms with Crippen molar-refractivity contribution in [3.8, 4) is 0 Å². The van der Waals surface area contributed by atoms with Gasteiger partial charge in [0.1, 0.15) is 0 Å². The molecule has 4 heteroatoms. The first-order chi connectivity index (χ1) is 9.26. The van der Waals surface area contributed by atoms with E-state index >= 15 is 0 Å². The summed E-state index contributed by atoms with van der Waals surface area (Å²) in [5.74, 6) is 1.76. The Morgan fingerprint density at radius 2 is 1.79 bits per heavy atom. The van der Waals surface area contributed by atoms with E-state index in [4.69, 9.17) is 4.74 Å². The van der Waals surface area contributed by atoms with Crippen LogP contribution in [-0.4, -0.2) is 40.0 Å². The van der Waals surface area contributed by atoms with E-state index in [1.807, 2.05) is 0 Å². The second-order valence-corrected chi connectivity index (χ2v) is 8.25. The van der Waals surface area contributed by atoms with Crippen LogP contribution in [0.5, 0.6) is 0 Å². The molecule has 1 atom stereocenters. The fourth-order valence-corrected chi connectivity index (χ4v) is 5.20. The second kappa shape index (κ2) is 6.23. The molecule has 3 aliphatic rings. The fraction of sp³-hybridized carbons (Fsp3) is 1.00. The first-order valence-corrected chi connectivity index (χ1v) is 9.51. The predicted octanol–water partition coefficient (Wildman–Crippen LogP) is 2.37. The van der Waals surface area contributed by atoms with Gasteiger partial charge in [-0.15, -0.1) is 0 Å². The van der Waals surface area contributed by atoms with E-state index in [1.165, 1.54) is 44.9 Å². The number of nitrogens with one attached hydrogen (secondary N) is 1. The minimum atomic E-state index is -0.547. The van der Waals surface area contributed by atoms with E-state index in [0.717, 1.165) is 30.9 Å². The van der Waals surface area contributed by atoms with Gasteiger partial charge in [0.2, 0.25) is 0 Å². The number of rotatable bonds is 3. The van der Waals surface area contributed by atoms with Crippen molar-refractivity contribution in [2.45, 2.75) is 75.5 Å². The van der Waals surface area contributed by atoms with Gasteiger partial charge in [-0.2, -0.15) is 0 Å². The standard InChI is InChI=1S/C15H27NO2S/c17-19-10-5-13(6-11-19)16-12-14-4-9-15(18-14)7-2-1-3-8-15/h13-14,16H,1-12H2. The van der Waals surface area contributed by atoms with Gasteiger partial charge in [-0.05, 0) is 38.5 Å². The molecule has 1 unspecified atom stereocenters. The highest BCUT2D eigenvalue weighted by atomic mass is 32.2.